The fourth-order valence-corrected chi connectivity index (χ4v) is 2.73. The summed E-state index contributed by atoms with van der Waals surface area (Å²) in [5.74, 6) is -1.76. The van der Waals surface area contributed by atoms with Crippen molar-refractivity contribution in [3.63, 3.8) is 0 Å². The van der Waals surface area contributed by atoms with Crippen molar-refractivity contribution in [1.82, 2.24) is 9.80 Å². The van der Waals surface area contributed by atoms with Gasteiger partial charge in [0.15, 0.2) is 0 Å². The molecule has 0 spiro atoms. The quantitative estimate of drug-likeness (QED) is 0.857. The van der Waals surface area contributed by atoms with E-state index in [0.717, 1.165) is 4.90 Å². The van der Waals surface area contributed by atoms with E-state index in [2.05, 4.69) is 0 Å². The van der Waals surface area contributed by atoms with Crippen molar-refractivity contribution in [1.29, 1.82) is 5.26 Å². The van der Waals surface area contributed by atoms with E-state index in [9.17, 15) is 27.9 Å². The maximum Gasteiger partial charge on any atom is 0.426 e. The Morgan fingerprint density at radius 3 is 2.27 bits per heavy atom. The van der Waals surface area contributed by atoms with Crippen LogP contribution in [0.5, 0.6) is 0 Å². The van der Waals surface area contributed by atoms with Crippen LogP contribution in [0.15, 0.2) is 24.3 Å². The molecule has 1 aliphatic heterocycles. The topological polar surface area (TPSA) is 84.6 Å². The zero-order chi connectivity index (χ0) is 19.7. The SMILES string of the molecule is CC1CN(C(=O)C(C)(O)C(F)(F)F)CCN1C(=O)c1ccc(C#N)cc1. The Kier molecular flexibility index (Phi) is 5.28. The fourth-order valence-electron chi connectivity index (χ4n) is 2.73. The summed E-state index contributed by atoms with van der Waals surface area (Å²) in [6.07, 6.45) is -5.08. The molecule has 1 N–H and O–H groups in total. The average molecular weight is 369 g/mol. The minimum Gasteiger partial charge on any atom is -0.373 e. The van der Waals surface area contributed by atoms with Crippen molar-refractivity contribution in [2.45, 2.75) is 31.7 Å². The Labute approximate surface area is 148 Å². The molecule has 2 unspecified atom stereocenters. The lowest BCUT2D eigenvalue weighted by Crippen LogP contribution is -2.62. The third kappa shape index (κ3) is 3.65. The van der Waals surface area contributed by atoms with Gasteiger partial charge < -0.3 is 14.9 Å². The number of carbonyl (C=O) groups excluding carboxylic acids is 2. The molecule has 9 heteroatoms. The standard InChI is InChI=1S/C17H18F3N3O3/c1-11-10-22(15(25)16(2,26)17(18,19)20)7-8-23(11)14(24)13-5-3-12(9-21)4-6-13/h3-6,11,26H,7-8,10H2,1-2H3. The number of nitriles is 1. The molecule has 1 saturated heterocycles. The van der Waals surface area contributed by atoms with E-state index in [1.807, 2.05) is 6.07 Å². The molecule has 1 aromatic rings. The highest BCUT2D eigenvalue weighted by Crippen LogP contribution is 2.32. The van der Waals surface area contributed by atoms with Gasteiger partial charge in [-0.15, -0.1) is 0 Å². The molecule has 1 aromatic carbocycles. The summed E-state index contributed by atoms with van der Waals surface area (Å²) in [4.78, 5) is 27.0. The first-order valence-electron chi connectivity index (χ1n) is 7.88. The second-order valence-electron chi connectivity index (χ2n) is 6.36. The van der Waals surface area contributed by atoms with Gasteiger partial charge in [-0.2, -0.15) is 18.4 Å². The molecule has 1 heterocycles. The smallest absolute Gasteiger partial charge is 0.373 e. The molecule has 1 fully saturated rings. The number of nitrogens with zero attached hydrogens (tertiary/aromatic N) is 3. The highest BCUT2D eigenvalue weighted by atomic mass is 19.4. The van der Waals surface area contributed by atoms with Crippen molar-refractivity contribution in [2.24, 2.45) is 0 Å². The van der Waals surface area contributed by atoms with E-state index in [1.54, 1.807) is 6.92 Å². The van der Waals surface area contributed by atoms with Gasteiger partial charge in [0, 0.05) is 31.2 Å². The second kappa shape index (κ2) is 6.96. The first kappa shape index (κ1) is 19.7. The molecule has 0 radical (unpaired) electrons. The summed E-state index contributed by atoms with van der Waals surface area (Å²) < 4.78 is 38.5. The first-order valence-corrected chi connectivity index (χ1v) is 7.88. The lowest BCUT2D eigenvalue weighted by molar-refractivity contribution is -0.250. The van der Waals surface area contributed by atoms with Crippen LogP contribution in [-0.4, -0.2) is 64.2 Å². The Morgan fingerprint density at radius 1 is 1.23 bits per heavy atom. The monoisotopic (exact) mass is 369 g/mol. The van der Waals surface area contributed by atoms with E-state index in [-0.39, 0.29) is 25.5 Å². The number of hydrogen-bond acceptors (Lipinski definition) is 4. The molecule has 0 aliphatic carbocycles. The molecule has 2 rings (SSSR count). The Bertz CT molecular complexity index is 738. The average Bonchev–Trinajstić information content (AvgIpc) is 2.59. The minimum absolute atomic E-state index is 0.0413. The van der Waals surface area contributed by atoms with Gasteiger partial charge >= 0.3 is 6.18 Å². The van der Waals surface area contributed by atoms with Crippen LogP contribution >= 0.6 is 0 Å². The lowest BCUT2D eigenvalue weighted by atomic mass is 10.0. The van der Waals surface area contributed by atoms with Crippen LogP contribution in [0, 0.1) is 11.3 Å². The van der Waals surface area contributed by atoms with Gasteiger partial charge in [-0.3, -0.25) is 9.59 Å². The largest absolute Gasteiger partial charge is 0.426 e. The van der Waals surface area contributed by atoms with Crippen LogP contribution in [-0.2, 0) is 4.79 Å². The van der Waals surface area contributed by atoms with Crippen molar-refractivity contribution >= 4 is 11.8 Å². The number of carbonyl (C=O) groups is 2. The summed E-state index contributed by atoms with van der Waals surface area (Å²) >= 11 is 0. The van der Waals surface area contributed by atoms with Crippen LogP contribution in [0.2, 0.25) is 0 Å². The molecule has 0 saturated carbocycles. The summed E-state index contributed by atoms with van der Waals surface area (Å²) in [5, 5.41) is 18.3. The summed E-state index contributed by atoms with van der Waals surface area (Å²) in [5.41, 5.74) is -2.72. The first-order chi connectivity index (χ1) is 12.0. The van der Waals surface area contributed by atoms with E-state index in [0.29, 0.717) is 18.1 Å². The zero-order valence-electron chi connectivity index (χ0n) is 14.2. The van der Waals surface area contributed by atoms with Crippen molar-refractivity contribution in [3.8, 4) is 6.07 Å². The molecule has 2 atom stereocenters. The molecule has 2 amide bonds. The van der Waals surface area contributed by atoms with Gasteiger partial charge in [0.1, 0.15) is 0 Å². The van der Waals surface area contributed by atoms with Gasteiger partial charge in [-0.25, -0.2) is 0 Å². The maximum atomic E-state index is 12.8. The zero-order valence-corrected chi connectivity index (χ0v) is 14.2. The molecule has 1 aliphatic rings. The number of alkyl halides is 3. The van der Waals surface area contributed by atoms with Gasteiger partial charge in [-0.1, -0.05) is 0 Å². The molecule has 0 bridgehead atoms. The number of aliphatic hydroxyl groups is 1. The summed E-state index contributed by atoms with van der Waals surface area (Å²) in [6, 6.07) is 7.41. The number of rotatable bonds is 2. The van der Waals surface area contributed by atoms with Crippen LogP contribution < -0.4 is 0 Å². The lowest BCUT2D eigenvalue weighted by Gasteiger charge is -2.42. The fraction of sp³-hybridized carbons (Fsp3) is 0.471. The minimum atomic E-state index is -5.08. The summed E-state index contributed by atoms with van der Waals surface area (Å²) in [6.45, 7) is 1.85. The van der Waals surface area contributed by atoms with Crippen LogP contribution in [0.4, 0.5) is 13.2 Å². The molecule has 0 aromatic heterocycles. The second-order valence-corrected chi connectivity index (χ2v) is 6.36. The highest BCUT2D eigenvalue weighted by Gasteiger charge is 2.57. The van der Waals surface area contributed by atoms with Gasteiger partial charge in [-0.05, 0) is 38.1 Å². The van der Waals surface area contributed by atoms with Crippen LogP contribution in [0.25, 0.3) is 0 Å². The van der Waals surface area contributed by atoms with E-state index in [4.69, 9.17) is 5.26 Å². The molecule has 6 nitrogen and oxygen atoms in total. The van der Waals surface area contributed by atoms with Gasteiger partial charge in [0.05, 0.1) is 11.6 Å². The van der Waals surface area contributed by atoms with Crippen LogP contribution in [0.1, 0.15) is 29.8 Å². The number of benzene rings is 1. The number of amides is 2. The third-order valence-corrected chi connectivity index (χ3v) is 4.40. The van der Waals surface area contributed by atoms with Crippen molar-refractivity contribution in [2.75, 3.05) is 19.6 Å². The molecule has 26 heavy (non-hydrogen) atoms. The van der Waals surface area contributed by atoms with Crippen LogP contribution in [0.3, 0.4) is 0 Å². The van der Waals surface area contributed by atoms with Gasteiger partial charge in [0.25, 0.3) is 11.8 Å². The van der Waals surface area contributed by atoms with Gasteiger partial charge in [0.2, 0.25) is 5.60 Å². The predicted molar refractivity (Wildman–Crippen MR) is 84.9 cm³/mol. The molecular weight excluding hydrogens is 351 g/mol. The number of hydrogen-bond donors (Lipinski definition) is 1. The summed E-state index contributed by atoms with van der Waals surface area (Å²) in [7, 11) is 0. The number of halogens is 3. The Balaban J connectivity index is 2.09. The molecular formula is C17H18F3N3O3. The Hall–Kier alpha value is -2.60. The third-order valence-electron chi connectivity index (χ3n) is 4.40. The normalized spacial score (nSPS) is 20.3. The van der Waals surface area contributed by atoms with E-state index in [1.165, 1.54) is 29.2 Å². The molecule has 140 valence electrons. The maximum absolute atomic E-state index is 12.8. The van der Waals surface area contributed by atoms with E-state index < -0.39 is 23.7 Å². The van der Waals surface area contributed by atoms with Crippen molar-refractivity contribution in [3.05, 3.63) is 35.4 Å². The number of piperazine rings is 1. The van der Waals surface area contributed by atoms with E-state index >= 15 is 0 Å². The van der Waals surface area contributed by atoms with Crippen molar-refractivity contribution < 1.29 is 27.9 Å². The predicted octanol–water partition coefficient (Wildman–Crippen LogP) is 1.54. The highest BCUT2D eigenvalue weighted by molar-refractivity contribution is 5.95. The Morgan fingerprint density at radius 2 is 1.81 bits per heavy atom.